The van der Waals surface area contributed by atoms with Gasteiger partial charge in [0.15, 0.2) is 11.2 Å². The van der Waals surface area contributed by atoms with Crippen molar-refractivity contribution in [3.63, 3.8) is 0 Å². The molecule has 3 heterocycles. The lowest BCUT2D eigenvalue weighted by Crippen LogP contribution is -2.44. The number of halogens is 2. The van der Waals surface area contributed by atoms with Crippen LogP contribution in [0.4, 0.5) is 5.95 Å². The Balaban J connectivity index is 1.88. The molecule has 1 aliphatic rings. The summed E-state index contributed by atoms with van der Waals surface area (Å²) in [6.07, 6.45) is 0. The van der Waals surface area contributed by atoms with Crippen LogP contribution in [0.1, 0.15) is 0 Å². The molecule has 2 aromatic heterocycles. The van der Waals surface area contributed by atoms with Gasteiger partial charge in [0, 0.05) is 31.2 Å². The lowest BCUT2D eigenvalue weighted by Gasteiger charge is -2.28. The second-order valence-electron chi connectivity index (χ2n) is 7.18. The molecule has 1 aliphatic heterocycles. The quantitative estimate of drug-likeness (QED) is 0.494. The van der Waals surface area contributed by atoms with E-state index in [0.29, 0.717) is 40.5 Å². The van der Waals surface area contributed by atoms with Crippen molar-refractivity contribution in [1.29, 1.82) is 0 Å². The van der Waals surface area contributed by atoms with E-state index in [1.54, 1.807) is 34.9 Å². The van der Waals surface area contributed by atoms with E-state index in [0.717, 1.165) is 13.1 Å². The molecule has 0 amide bonds. The zero-order valence-electron chi connectivity index (χ0n) is 16.3. The fraction of sp³-hybridized carbons (Fsp3) is 0.190. The number of hydrogen-bond acceptors (Lipinski definition) is 5. The summed E-state index contributed by atoms with van der Waals surface area (Å²) in [5.41, 5.74) is 0.563. The van der Waals surface area contributed by atoms with Gasteiger partial charge >= 0.3 is 5.69 Å². The SMILES string of the molecule is O=c1[nH]c(=O)n(-c2ccc(Cl)cc2)c2nc(N3CCNCC3)n(-c3ccccc3Cl)c12. The molecule has 0 saturated carbocycles. The van der Waals surface area contributed by atoms with E-state index in [2.05, 4.69) is 15.2 Å². The molecule has 0 spiro atoms. The first-order chi connectivity index (χ1) is 15.0. The number of nitrogens with zero attached hydrogens (tertiary/aromatic N) is 4. The maximum Gasteiger partial charge on any atom is 0.334 e. The Bertz CT molecular complexity index is 1380. The largest absolute Gasteiger partial charge is 0.339 e. The molecule has 31 heavy (non-hydrogen) atoms. The van der Waals surface area contributed by atoms with E-state index >= 15 is 0 Å². The zero-order chi connectivity index (χ0) is 21.5. The Hall–Kier alpha value is -3.07. The predicted octanol–water partition coefficient (Wildman–Crippen LogP) is 2.58. The minimum absolute atomic E-state index is 0.246. The van der Waals surface area contributed by atoms with Gasteiger partial charge in [-0.1, -0.05) is 35.3 Å². The third-order valence-electron chi connectivity index (χ3n) is 5.27. The van der Waals surface area contributed by atoms with Gasteiger partial charge in [-0.25, -0.2) is 9.36 Å². The third kappa shape index (κ3) is 3.42. The van der Waals surface area contributed by atoms with Crippen LogP contribution in [0, 0.1) is 0 Å². The molecule has 0 radical (unpaired) electrons. The van der Waals surface area contributed by atoms with Gasteiger partial charge < -0.3 is 10.2 Å². The fourth-order valence-corrected chi connectivity index (χ4v) is 4.18. The standard InChI is InChI=1S/C21H18Cl2N6O2/c22-13-5-7-14(8-6-13)28-18-17(19(30)26-21(28)31)29(16-4-2-1-3-15(16)23)20(25-18)27-11-9-24-10-12-27/h1-8,24H,9-12H2,(H,26,30,31). The van der Waals surface area contributed by atoms with Gasteiger partial charge in [0.1, 0.15) is 0 Å². The van der Waals surface area contributed by atoms with Crippen LogP contribution in [-0.4, -0.2) is 45.3 Å². The molecule has 158 valence electrons. The number of imidazole rings is 1. The molecule has 1 fully saturated rings. The molecule has 0 atom stereocenters. The van der Waals surface area contributed by atoms with E-state index in [4.69, 9.17) is 28.2 Å². The summed E-state index contributed by atoms with van der Waals surface area (Å²) >= 11 is 12.5. The van der Waals surface area contributed by atoms with Crippen LogP contribution in [0.15, 0.2) is 58.1 Å². The Labute approximate surface area is 186 Å². The summed E-state index contributed by atoms with van der Waals surface area (Å²) in [6, 6.07) is 14.0. The molecule has 0 aliphatic carbocycles. The number of benzene rings is 2. The number of H-pyrrole nitrogens is 1. The number of aromatic nitrogens is 4. The first kappa shape index (κ1) is 19.9. The Morgan fingerprint density at radius 1 is 0.903 bits per heavy atom. The maximum absolute atomic E-state index is 13.0. The van der Waals surface area contributed by atoms with Crippen molar-refractivity contribution in [3.05, 3.63) is 79.4 Å². The molecule has 1 saturated heterocycles. The molecule has 4 aromatic rings. The van der Waals surface area contributed by atoms with Crippen molar-refractivity contribution in [2.24, 2.45) is 0 Å². The monoisotopic (exact) mass is 456 g/mol. The van der Waals surface area contributed by atoms with Gasteiger partial charge in [-0.2, -0.15) is 4.98 Å². The van der Waals surface area contributed by atoms with E-state index < -0.39 is 11.2 Å². The molecule has 8 nitrogen and oxygen atoms in total. The van der Waals surface area contributed by atoms with E-state index in [-0.39, 0.29) is 11.2 Å². The zero-order valence-corrected chi connectivity index (χ0v) is 17.8. The number of aromatic amines is 1. The Kier molecular flexibility index (Phi) is 5.05. The van der Waals surface area contributed by atoms with Crippen LogP contribution in [0.5, 0.6) is 0 Å². The van der Waals surface area contributed by atoms with E-state index in [9.17, 15) is 9.59 Å². The summed E-state index contributed by atoms with van der Waals surface area (Å²) in [4.78, 5) is 35.1. The van der Waals surface area contributed by atoms with Crippen molar-refractivity contribution in [1.82, 2.24) is 24.4 Å². The lowest BCUT2D eigenvalue weighted by molar-refractivity contribution is 0.578. The summed E-state index contributed by atoms with van der Waals surface area (Å²) < 4.78 is 3.11. The highest BCUT2D eigenvalue weighted by Crippen LogP contribution is 2.30. The fourth-order valence-electron chi connectivity index (χ4n) is 3.83. The smallest absolute Gasteiger partial charge is 0.334 e. The van der Waals surface area contributed by atoms with Crippen LogP contribution in [0.2, 0.25) is 10.0 Å². The first-order valence-electron chi connectivity index (χ1n) is 9.79. The molecular formula is C21H18Cl2N6O2. The molecule has 0 unspecified atom stereocenters. The number of piperazine rings is 1. The first-order valence-corrected chi connectivity index (χ1v) is 10.5. The van der Waals surface area contributed by atoms with Crippen LogP contribution in [0.3, 0.4) is 0 Å². The number of para-hydroxylation sites is 1. The average Bonchev–Trinajstić information content (AvgIpc) is 3.16. The highest BCUT2D eigenvalue weighted by atomic mass is 35.5. The van der Waals surface area contributed by atoms with Crippen molar-refractivity contribution in [2.45, 2.75) is 0 Å². The molecule has 2 aromatic carbocycles. The summed E-state index contributed by atoms with van der Waals surface area (Å²) in [5, 5.41) is 4.33. The van der Waals surface area contributed by atoms with Gasteiger partial charge in [0.2, 0.25) is 5.95 Å². The minimum Gasteiger partial charge on any atom is -0.339 e. The maximum atomic E-state index is 13.0. The Morgan fingerprint density at radius 3 is 2.32 bits per heavy atom. The number of rotatable bonds is 3. The number of nitrogens with one attached hydrogen (secondary N) is 2. The summed E-state index contributed by atoms with van der Waals surface area (Å²) in [5.74, 6) is 0.559. The second-order valence-corrected chi connectivity index (χ2v) is 8.02. The van der Waals surface area contributed by atoms with Gasteiger partial charge in [-0.05, 0) is 36.4 Å². The molecule has 2 N–H and O–H groups in total. The van der Waals surface area contributed by atoms with Crippen LogP contribution < -0.4 is 21.5 Å². The van der Waals surface area contributed by atoms with Crippen molar-refractivity contribution >= 4 is 40.3 Å². The van der Waals surface area contributed by atoms with Gasteiger partial charge in [-0.3, -0.25) is 14.3 Å². The summed E-state index contributed by atoms with van der Waals surface area (Å²) in [7, 11) is 0. The van der Waals surface area contributed by atoms with Crippen LogP contribution >= 0.6 is 23.2 Å². The number of hydrogen-bond donors (Lipinski definition) is 2. The van der Waals surface area contributed by atoms with Gasteiger partial charge in [0.05, 0.1) is 16.4 Å². The molecule has 10 heteroatoms. The van der Waals surface area contributed by atoms with Crippen molar-refractivity contribution in [3.8, 4) is 11.4 Å². The lowest BCUT2D eigenvalue weighted by atomic mass is 10.3. The molecular weight excluding hydrogens is 439 g/mol. The number of fused-ring (bicyclic) bond motifs is 1. The second kappa shape index (κ2) is 7.88. The van der Waals surface area contributed by atoms with E-state index in [1.165, 1.54) is 4.57 Å². The normalized spacial score (nSPS) is 14.3. The van der Waals surface area contributed by atoms with Crippen LogP contribution in [-0.2, 0) is 0 Å². The van der Waals surface area contributed by atoms with Gasteiger partial charge in [0.25, 0.3) is 5.56 Å². The Morgan fingerprint density at radius 2 is 1.61 bits per heavy atom. The summed E-state index contributed by atoms with van der Waals surface area (Å²) in [6.45, 7) is 2.98. The van der Waals surface area contributed by atoms with Crippen LogP contribution in [0.25, 0.3) is 22.5 Å². The topological polar surface area (TPSA) is 87.9 Å². The highest BCUT2D eigenvalue weighted by molar-refractivity contribution is 6.32. The van der Waals surface area contributed by atoms with E-state index in [1.807, 2.05) is 18.2 Å². The average molecular weight is 457 g/mol. The van der Waals surface area contributed by atoms with Gasteiger partial charge in [-0.15, -0.1) is 0 Å². The van der Waals surface area contributed by atoms with Crippen molar-refractivity contribution < 1.29 is 0 Å². The number of anilines is 1. The highest BCUT2D eigenvalue weighted by Gasteiger charge is 2.25. The predicted molar refractivity (Wildman–Crippen MR) is 122 cm³/mol. The molecule has 0 bridgehead atoms. The van der Waals surface area contributed by atoms with Crippen molar-refractivity contribution in [2.75, 3.05) is 31.1 Å². The third-order valence-corrected chi connectivity index (χ3v) is 5.84. The minimum atomic E-state index is -0.574. The molecule has 5 rings (SSSR count).